The number of carbonyl (C=O) groups excluding carboxylic acids is 1. The normalized spacial score (nSPS) is 27.3. The Labute approximate surface area is 197 Å². The maximum atomic E-state index is 15.4. The van der Waals surface area contributed by atoms with E-state index in [-0.39, 0.29) is 35.9 Å². The number of halogens is 2. The summed E-state index contributed by atoms with van der Waals surface area (Å²) in [6.45, 7) is 4.39. The van der Waals surface area contributed by atoms with Crippen molar-refractivity contribution in [3.8, 4) is 5.75 Å². The van der Waals surface area contributed by atoms with Crippen LogP contribution < -0.4 is 25.6 Å². The molecule has 4 aliphatic heterocycles. The molecule has 180 valence electrons. The molecule has 9 heteroatoms. The highest BCUT2D eigenvalue weighted by Crippen LogP contribution is 2.38. The van der Waals surface area contributed by atoms with Gasteiger partial charge in [-0.15, -0.1) is 0 Å². The molecule has 2 bridgehead atoms. The van der Waals surface area contributed by atoms with Gasteiger partial charge >= 0.3 is 0 Å². The first kappa shape index (κ1) is 21.6. The summed E-state index contributed by atoms with van der Waals surface area (Å²) in [6.07, 6.45) is 4.82. The minimum absolute atomic E-state index is 0.0262. The van der Waals surface area contributed by atoms with Gasteiger partial charge in [0.25, 0.3) is 5.91 Å². The van der Waals surface area contributed by atoms with Gasteiger partial charge in [-0.1, -0.05) is 6.92 Å². The van der Waals surface area contributed by atoms with Gasteiger partial charge in [0, 0.05) is 56.0 Å². The molecule has 1 aromatic carbocycles. The molecular formula is C25H29F2N5O2. The molecule has 0 radical (unpaired) electrons. The minimum atomic E-state index is -0.511. The minimum Gasteiger partial charge on any atom is -0.488 e. The maximum Gasteiger partial charge on any atom is 0.253 e. The molecule has 0 aliphatic carbocycles. The number of nitrogens with zero attached hydrogens (tertiary/aromatic N) is 2. The van der Waals surface area contributed by atoms with E-state index in [0.717, 1.165) is 37.2 Å². The van der Waals surface area contributed by atoms with E-state index in [1.54, 1.807) is 6.20 Å². The maximum absolute atomic E-state index is 15.4. The fourth-order valence-electron chi connectivity index (χ4n) is 5.73. The second-order valence-corrected chi connectivity index (χ2v) is 10.0. The van der Waals surface area contributed by atoms with Crippen molar-refractivity contribution < 1.29 is 18.3 Å². The standard InChI is InChI=1S/C25H29F2N5O2/c1-13-4-5-28-24-18(13)6-14(9-29-24)25(33)31-17-7-19-20(26)8-21(22(27)23(19)34-12-17)32-10-15-2-3-16(11-32)30-15/h6,8-9,13,15-17,30H,2-5,7,10-12H2,1H3,(H,28,29)(H,31,33)/t13?,15?,16?,17-/m1/s1. The quantitative estimate of drug-likeness (QED) is 0.642. The summed E-state index contributed by atoms with van der Waals surface area (Å²) >= 11 is 0. The molecule has 2 saturated heterocycles. The Morgan fingerprint density at radius 1 is 1.21 bits per heavy atom. The molecule has 0 spiro atoms. The lowest BCUT2D eigenvalue weighted by atomic mass is 9.94. The lowest BCUT2D eigenvalue weighted by Crippen LogP contribution is -2.51. The predicted molar refractivity (Wildman–Crippen MR) is 125 cm³/mol. The van der Waals surface area contributed by atoms with Gasteiger partial charge in [0.15, 0.2) is 11.6 Å². The van der Waals surface area contributed by atoms with Gasteiger partial charge in [0.05, 0.1) is 17.3 Å². The number of anilines is 2. The molecule has 4 aliphatic rings. The first-order valence-electron chi connectivity index (χ1n) is 12.2. The van der Waals surface area contributed by atoms with Crippen LogP contribution in [0.3, 0.4) is 0 Å². The number of fused-ring (bicyclic) bond motifs is 4. The Hall–Kier alpha value is -2.94. The summed E-state index contributed by atoms with van der Waals surface area (Å²) in [5.41, 5.74) is 1.92. The van der Waals surface area contributed by atoms with E-state index in [1.165, 1.54) is 6.07 Å². The molecule has 5 heterocycles. The average molecular weight is 470 g/mol. The van der Waals surface area contributed by atoms with Crippen molar-refractivity contribution in [1.82, 2.24) is 15.6 Å². The highest BCUT2D eigenvalue weighted by atomic mass is 19.1. The third-order valence-corrected chi connectivity index (χ3v) is 7.60. The largest absolute Gasteiger partial charge is 0.488 e. The van der Waals surface area contributed by atoms with Crippen LogP contribution in [0.15, 0.2) is 18.3 Å². The van der Waals surface area contributed by atoms with Crippen LogP contribution in [0, 0.1) is 11.6 Å². The van der Waals surface area contributed by atoms with Gasteiger partial charge in [-0.2, -0.15) is 0 Å². The van der Waals surface area contributed by atoms with Crippen molar-refractivity contribution in [2.75, 3.05) is 36.5 Å². The Morgan fingerprint density at radius 3 is 2.79 bits per heavy atom. The van der Waals surface area contributed by atoms with Crippen molar-refractivity contribution in [3.63, 3.8) is 0 Å². The molecular weight excluding hydrogens is 440 g/mol. The van der Waals surface area contributed by atoms with Gasteiger partial charge in [0.2, 0.25) is 0 Å². The van der Waals surface area contributed by atoms with Crippen LogP contribution in [-0.2, 0) is 6.42 Å². The number of pyridine rings is 1. The van der Waals surface area contributed by atoms with Crippen molar-refractivity contribution in [2.45, 2.75) is 56.7 Å². The number of rotatable bonds is 3. The number of nitrogens with one attached hydrogen (secondary N) is 3. The summed E-state index contributed by atoms with van der Waals surface area (Å²) in [5.74, 6) is -0.190. The third kappa shape index (κ3) is 3.76. The van der Waals surface area contributed by atoms with Crippen LogP contribution >= 0.6 is 0 Å². The second-order valence-electron chi connectivity index (χ2n) is 10.0. The van der Waals surface area contributed by atoms with Crippen molar-refractivity contribution in [1.29, 1.82) is 0 Å². The molecule has 2 fully saturated rings. The molecule has 1 aromatic heterocycles. The monoisotopic (exact) mass is 469 g/mol. The van der Waals surface area contributed by atoms with E-state index in [9.17, 15) is 4.79 Å². The molecule has 1 amide bonds. The highest BCUT2D eigenvalue weighted by Gasteiger charge is 2.36. The van der Waals surface area contributed by atoms with E-state index in [2.05, 4.69) is 27.9 Å². The number of aromatic nitrogens is 1. The Morgan fingerprint density at radius 2 is 2.00 bits per heavy atom. The van der Waals surface area contributed by atoms with E-state index in [0.29, 0.717) is 36.7 Å². The van der Waals surface area contributed by atoms with Gasteiger partial charge < -0.3 is 25.6 Å². The summed E-state index contributed by atoms with van der Waals surface area (Å²) in [4.78, 5) is 19.2. The summed E-state index contributed by atoms with van der Waals surface area (Å²) in [7, 11) is 0. The first-order valence-corrected chi connectivity index (χ1v) is 12.2. The Balaban J connectivity index is 1.18. The molecule has 2 aromatic rings. The fourth-order valence-corrected chi connectivity index (χ4v) is 5.73. The third-order valence-electron chi connectivity index (χ3n) is 7.60. The zero-order valence-corrected chi connectivity index (χ0v) is 19.2. The Bertz CT molecular complexity index is 1130. The van der Waals surface area contributed by atoms with E-state index >= 15 is 8.78 Å². The average Bonchev–Trinajstić information content (AvgIpc) is 3.18. The number of hydrogen-bond acceptors (Lipinski definition) is 6. The van der Waals surface area contributed by atoms with Gasteiger partial charge in [-0.05, 0) is 36.8 Å². The van der Waals surface area contributed by atoms with Crippen LogP contribution in [-0.4, -0.2) is 55.3 Å². The number of carbonyl (C=O) groups is 1. The highest BCUT2D eigenvalue weighted by molar-refractivity contribution is 5.94. The van der Waals surface area contributed by atoms with E-state index in [4.69, 9.17) is 4.74 Å². The summed E-state index contributed by atoms with van der Waals surface area (Å²) < 4.78 is 36.2. The van der Waals surface area contributed by atoms with Crippen molar-refractivity contribution in [2.24, 2.45) is 0 Å². The SMILES string of the molecule is CC1CCNc2ncc(C(=O)N[C@H]3COc4c(F)c(N5CC6CCC(C5)N6)cc(F)c4C3)cc21. The number of piperazine rings is 1. The number of hydrogen-bond donors (Lipinski definition) is 3. The molecule has 6 rings (SSSR count). The van der Waals surface area contributed by atoms with Crippen LogP contribution in [0.2, 0.25) is 0 Å². The zero-order valence-electron chi connectivity index (χ0n) is 19.2. The molecule has 4 atom stereocenters. The van der Waals surface area contributed by atoms with Gasteiger partial charge in [0.1, 0.15) is 18.2 Å². The van der Waals surface area contributed by atoms with Crippen molar-refractivity contribution >= 4 is 17.4 Å². The Kier molecular flexibility index (Phi) is 5.32. The van der Waals surface area contributed by atoms with Crippen LogP contribution in [0.4, 0.5) is 20.3 Å². The molecule has 7 nitrogen and oxygen atoms in total. The summed E-state index contributed by atoms with van der Waals surface area (Å²) in [5, 5.41) is 9.67. The van der Waals surface area contributed by atoms with E-state index in [1.807, 2.05) is 11.0 Å². The lowest BCUT2D eigenvalue weighted by Gasteiger charge is -2.36. The second kappa shape index (κ2) is 8.37. The van der Waals surface area contributed by atoms with Crippen LogP contribution in [0.25, 0.3) is 0 Å². The first-order chi connectivity index (χ1) is 16.5. The van der Waals surface area contributed by atoms with Gasteiger partial charge in [-0.3, -0.25) is 4.79 Å². The van der Waals surface area contributed by atoms with E-state index < -0.39 is 17.7 Å². The molecule has 34 heavy (non-hydrogen) atoms. The smallest absolute Gasteiger partial charge is 0.253 e. The number of ether oxygens (including phenoxy) is 1. The van der Waals surface area contributed by atoms with Gasteiger partial charge in [-0.25, -0.2) is 13.8 Å². The molecule has 3 unspecified atom stereocenters. The predicted octanol–water partition coefficient (Wildman–Crippen LogP) is 2.95. The molecule has 3 N–H and O–H groups in total. The molecule has 0 saturated carbocycles. The number of benzene rings is 1. The van der Waals surface area contributed by atoms with Crippen LogP contribution in [0.1, 0.15) is 53.6 Å². The lowest BCUT2D eigenvalue weighted by molar-refractivity contribution is 0.0912. The number of amides is 1. The topological polar surface area (TPSA) is 78.5 Å². The summed E-state index contributed by atoms with van der Waals surface area (Å²) in [6, 6.07) is 3.32. The zero-order chi connectivity index (χ0) is 23.4. The van der Waals surface area contributed by atoms with Crippen LogP contribution in [0.5, 0.6) is 5.75 Å². The van der Waals surface area contributed by atoms with Crippen molar-refractivity contribution in [3.05, 3.63) is 46.7 Å². The fraction of sp³-hybridized carbons (Fsp3) is 0.520.